The molecule has 1 aromatic carbocycles. The third-order valence-electron chi connectivity index (χ3n) is 4.73. The van der Waals surface area contributed by atoms with Crippen LogP contribution in [0.25, 0.3) is 5.69 Å². The van der Waals surface area contributed by atoms with Crippen LogP contribution >= 0.6 is 0 Å². The van der Waals surface area contributed by atoms with Crippen LogP contribution in [0.2, 0.25) is 0 Å². The van der Waals surface area contributed by atoms with Crippen LogP contribution in [0.15, 0.2) is 36.5 Å². The van der Waals surface area contributed by atoms with Gasteiger partial charge in [0.05, 0.1) is 25.5 Å². The molecule has 0 atom stereocenters. The molecule has 1 aliphatic heterocycles. The zero-order chi connectivity index (χ0) is 18.6. The van der Waals surface area contributed by atoms with E-state index in [2.05, 4.69) is 25.2 Å². The molecular weight excluding hydrogens is 344 g/mol. The molecule has 0 spiro atoms. The second kappa shape index (κ2) is 7.61. The average Bonchev–Trinajstić information content (AvgIpc) is 3.24. The smallest absolute Gasteiger partial charge is 0.276 e. The molecule has 140 valence electrons. The molecule has 3 aromatic rings. The SMILES string of the molecule is COc1cn(-c2ccccc2)nc1C(=O)NCc1nnc2n1CCCCC2. The van der Waals surface area contributed by atoms with E-state index in [-0.39, 0.29) is 11.6 Å². The van der Waals surface area contributed by atoms with Crippen LogP contribution in [0, 0.1) is 0 Å². The number of ether oxygens (including phenoxy) is 1. The van der Waals surface area contributed by atoms with Crippen LogP contribution in [0.4, 0.5) is 0 Å². The van der Waals surface area contributed by atoms with E-state index in [1.54, 1.807) is 10.9 Å². The minimum atomic E-state index is -0.299. The zero-order valence-electron chi connectivity index (χ0n) is 15.3. The Balaban J connectivity index is 1.50. The van der Waals surface area contributed by atoms with Crippen LogP contribution in [0.5, 0.6) is 5.75 Å². The maximum Gasteiger partial charge on any atom is 0.276 e. The van der Waals surface area contributed by atoms with Gasteiger partial charge in [0.15, 0.2) is 17.3 Å². The Labute approximate surface area is 157 Å². The van der Waals surface area contributed by atoms with Gasteiger partial charge in [-0.15, -0.1) is 10.2 Å². The van der Waals surface area contributed by atoms with Crippen molar-refractivity contribution in [3.63, 3.8) is 0 Å². The maximum atomic E-state index is 12.7. The van der Waals surface area contributed by atoms with E-state index in [0.717, 1.165) is 43.1 Å². The second-order valence-corrected chi connectivity index (χ2v) is 6.50. The molecule has 0 bridgehead atoms. The molecule has 8 heteroatoms. The molecule has 8 nitrogen and oxygen atoms in total. The summed E-state index contributed by atoms with van der Waals surface area (Å²) in [7, 11) is 1.53. The third-order valence-corrected chi connectivity index (χ3v) is 4.73. The lowest BCUT2D eigenvalue weighted by molar-refractivity contribution is 0.0941. The minimum absolute atomic E-state index is 0.247. The fourth-order valence-corrected chi connectivity index (χ4v) is 3.30. The number of nitrogens with one attached hydrogen (secondary N) is 1. The van der Waals surface area contributed by atoms with Gasteiger partial charge in [0.2, 0.25) is 0 Å². The molecule has 0 saturated carbocycles. The Kier molecular flexibility index (Phi) is 4.86. The van der Waals surface area contributed by atoms with E-state index in [1.807, 2.05) is 30.3 Å². The van der Waals surface area contributed by atoms with Gasteiger partial charge in [-0.05, 0) is 25.0 Å². The summed E-state index contributed by atoms with van der Waals surface area (Å²) in [6, 6.07) is 9.60. The first-order valence-electron chi connectivity index (χ1n) is 9.14. The number of methoxy groups -OCH3 is 1. The van der Waals surface area contributed by atoms with Crippen LogP contribution in [-0.2, 0) is 19.5 Å². The number of rotatable bonds is 5. The number of fused-ring (bicyclic) bond motifs is 1. The largest absolute Gasteiger partial charge is 0.493 e. The lowest BCUT2D eigenvalue weighted by Crippen LogP contribution is -2.26. The van der Waals surface area contributed by atoms with Crippen molar-refractivity contribution in [2.75, 3.05) is 7.11 Å². The number of aromatic nitrogens is 5. The Morgan fingerprint density at radius 2 is 2.04 bits per heavy atom. The predicted molar refractivity (Wildman–Crippen MR) is 98.9 cm³/mol. The summed E-state index contributed by atoms with van der Waals surface area (Å²) in [5.41, 5.74) is 1.11. The number of nitrogens with zero attached hydrogens (tertiary/aromatic N) is 5. The van der Waals surface area contributed by atoms with Crippen LogP contribution < -0.4 is 10.1 Å². The summed E-state index contributed by atoms with van der Waals surface area (Å²) in [6.45, 7) is 1.21. The average molecular weight is 366 g/mol. The van der Waals surface area contributed by atoms with E-state index in [9.17, 15) is 4.79 Å². The summed E-state index contributed by atoms with van der Waals surface area (Å²) < 4.78 is 9.09. The molecule has 1 N–H and O–H groups in total. The number of hydrogen-bond acceptors (Lipinski definition) is 5. The van der Waals surface area contributed by atoms with E-state index >= 15 is 0 Å². The first-order chi connectivity index (χ1) is 13.3. The number of carbonyl (C=O) groups excluding carboxylic acids is 1. The van der Waals surface area contributed by atoms with Crippen LogP contribution in [-0.4, -0.2) is 37.6 Å². The first-order valence-corrected chi connectivity index (χ1v) is 9.14. The van der Waals surface area contributed by atoms with Gasteiger partial charge in [0.1, 0.15) is 5.82 Å². The summed E-state index contributed by atoms with van der Waals surface area (Å²) in [4.78, 5) is 12.7. The lowest BCUT2D eigenvalue weighted by atomic mass is 10.2. The van der Waals surface area contributed by atoms with E-state index in [4.69, 9.17) is 4.74 Å². The summed E-state index contributed by atoms with van der Waals surface area (Å²) in [6.07, 6.45) is 6.09. The fraction of sp³-hybridized carbons (Fsp3) is 0.368. The molecule has 0 unspecified atom stereocenters. The summed E-state index contributed by atoms with van der Waals surface area (Å²) >= 11 is 0. The monoisotopic (exact) mass is 366 g/mol. The highest BCUT2D eigenvalue weighted by atomic mass is 16.5. The van der Waals surface area contributed by atoms with Crippen LogP contribution in [0.3, 0.4) is 0 Å². The van der Waals surface area contributed by atoms with Gasteiger partial charge in [-0.2, -0.15) is 5.10 Å². The highest BCUT2D eigenvalue weighted by Crippen LogP contribution is 2.20. The molecular formula is C19H22N6O2. The van der Waals surface area contributed by atoms with Crippen molar-refractivity contribution < 1.29 is 9.53 Å². The molecule has 27 heavy (non-hydrogen) atoms. The predicted octanol–water partition coefficient (Wildman–Crippen LogP) is 2.13. The third kappa shape index (κ3) is 3.55. The lowest BCUT2D eigenvalue weighted by Gasteiger charge is -2.08. The molecule has 1 amide bonds. The van der Waals surface area contributed by atoms with Crippen LogP contribution in [0.1, 0.15) is 41.4 Å². The molecule has 4 rings (SSSR count). The highest BCUT2D eigenvalue weighted by Gasteiger charge is 2.20. The molecule has 1 aliphatic rings. The quantitative estimate of drug-likeness (QED) is 0.747. The van der Waals surface area contributed by atoms with Crippen molar-refractivity contribution in [1.82, 2.24) is 29.9 Å². The number of amides is 1. The van der Waals surface area contributed by atoms with Crippen molar-refractivity contribution in [3.05, 3.63) is 53.9 Å². The second-order valence-electron chi connectivity index (χ2n) is 6.50. The van der Waals surface area contributed by atoms with Gasteiger partial charge < -0.3 is 14.6 Å². The zero-order valence-corrected chi connectivity index (χ0v) is 15.3. The molecule has 2 aromatic heterocycles. The molecule has 0 radical (unpaired) electrons. The molecule has 0 saturated heterocycles. The molecule has 0 fully saturated rings. The number of hydrogen-bond donors (Lipinski definition) is 1. The van der Waals surface area contributed by atoms with E-state index in [0.29, 0.717) is 12.3 Å². The Hall–Kier alpha value is -3.16. The highest BCUT2D eigenvalue weighted by molar-refractivity contribution is 5.94. The first kappa shape index (κ1) is 17.3. The van der Waals surface area contributed by atoms with Crippen molar-refractivity contribution in [3.8, 4) is 11.4 Å². The van der Waals surface area contributed by atoms with Gasteiger partial charge in [-0.3, -0.25) is 4.79 Å². The normalized spacial score (nSPS) is 13.7. The van der Waals surface area contributed by atoms with E-state index < -0.39 is 0 Å². The Bertz CT molecular complexity index is 931. The number of carbonyl (C=O) groups is 1. The van der Waals surface area contributed by atoms with Crippen molar-refractivity contribution in [2.24, 2.45) is 0 Å². The topological polar surface area (TPSA) is 86.9 Å². The van der Waals surface area contributed by atoms with Crippen molar-refractivity contribution >= 4 is 5.91 Å². The number of aryl methyl sites for hydroxylation is 1. The van der Waals surface area contributed by atoms with Gasteiger partial charge in [-0.1, -0.05) is 24.6 Å². The van der Waals surface area contributed by atoms with Gasteiger partial charge in [-0.25, -0.2) is 4.68 Å². The number of para-hydroxylation sites is 1. The fourth-order valence-electron chi connectivity index (χ4n) is 3.30. The van der Waals surface area contributed by atoms with Gasteiger partial charge in [0.25, 0.3) is 5.91 Å². The standard InChI is InChI=1S/C19H22N6O2/c1-27-15-13-25(14-8-4-2-5-9-14)23-18(15)19(26)20-12-17-22-21-16-10-6-3-7-11-24(16)17/h2,4-5,8-9,13H,3,6-7,10-12H2,1H3,(H,20,26). The maximum absolute atomic E-state index is 12.7. The van der Waals surface area contributed by atoms with Gasteiger partial charge in [0, 0.05) is 13.0 Å². The number of benzene rings is 1. The molecule has 3 heterocycles. The van der Waals surface area contributed by atoms with E-state index in [1.165, 1.54) is 13.5 Å². The van der Waals surface area contributed by atoms with Crippen molar-refractivity contribution in [2.45, 2.75) is 38.8 Å². The minimum Gasteiger partial charge on any atom is -0.493 e. The molecule has 0 aliphatic carbocycles. The van der Waals surface area contributed by atoms with Gasteiger partial charge >= 0.3 is 0 Å². The van der Waals surface area contributed by atoms with Crippen molar-refractivity contribution in [1.29, 1.82) is 0 Å². The Morgan fingerprint density at radius 3 is 2.85 bits per heavy atom. The summed E-state index contributed by atoms with van der Waals surface area (Å²) in [5, 5.41) is 15.8. The summed E-state index contributed by atoms with van der Waals surface area (Å²) in [5.74, 6) is 1.91. The Morgan fingerprint density at radius 1 is 1.19 bits per heavy atom.